The van der Waals surface area contributed by atoms with Crippen molar-refractivity contribution in [2.24, 2.45) is 0 Å². The number of fused-ring (bicyclic) bond motifs is 1. The Morgan fingerprint density at radius 2 is 1.84 bits per heavy atom. The molecule has 1 atom stereocenters. The molecule has 8 heteroatoms. The highest BCUT2D eigenvalue weighted by Crippen LogP contribution is 2.33. The van der Waals surface area contributed by atoms with Crippen molar-refractivity contribution in [1.82, 2.24) is 10.2 Å². The first-order valence-corrected chi connectivity index (χ1v) is 10.4. The molecule has 0 bridgehead atoms. The summed E-state index contributed by atoms with van der Waals surface area (Å²) >= 11 is 0. The third-order valence-corrected chi connectivity index (χ3v) is 6.07. The van der Waals surface area contributed by atoms with Crippen LogP contribution in [0, 0.1) is 0 Å². The topological polar surface area (TPSA) is 99.9 Å². The second-order valence-corrected chi connectivity index (χ2v) is 8.21. The fraction of sp³-hybridized carbons (Fsp3) is 0.250. The lowest BCUT2D eigenvalue weighted by atomic mass is 9.98. The van der Waals surface area contributed by atoms with Gasteiger partial charge in [-0.2, -0.15) is 0 Å². The van der Waals surface area contributed by atoms with Crippen molar-refractivity contribution in [3.63, 3.8) is 0 Å². The van der Waals surface area contributed by atoms with Gasteiger partial charge >= 0.3 is 6.03 Å². The summed E-state index contributed by atoms with van der Waals surface area (Å²) in [6, 6.07) is 15.0. The van der Waals surface area contributed by atoms with Gasteiger partial charge in [-0.1, -0.05) is 18.2 Å². The molecule has 2 aliphatic rings. The van der Waals surface area contributed by atoms with E-state index in [1.165, 1.54) is 0 Å². The van der Waals surface area contributed by atoms with Crippen molar-refractivity contribution in [2.75, 3.05) is 18.0 Å². The maximum Gasteiger partial charge on any atom is 0.325 e. The number of urea groups is 1. The second-order valence-electron chi connectivity index (χ2n) is 8.21. The number of para-hydroxylation sites is 1. The normalized spacial score (nSPS) is 21.0. The van der Waals surface area contributed by atoms with Crippen molar-refractivity contribution >= 4 is 40.3 Å². The van der Waals surface area contributed by atoms with Crippen molar-refractivity contribution in [1.29, 1.82) is 0 Å². The number of imide groups is 1. The summed E-state index contributed by atoms with van der Waals surface area (Å²) in [5.41, 5.74) is 0.308. The van der Waals surface area contributed by atoms with Crippen LogP contribution in [0.1, 0.15) is 35.9 Å². The van der Waals surface area contributed by atoms with Gasteiger partial charge in [-0.25, -0.2) is 4.79 Å². The van der Waals surface area contributed by atoms with Crippen LogP contribution in [0.15, 0.2) is 59.0 Å². The number of Topliss-reactive ketones (excluding diaryl/α,β-unsaturated/α-hetero) is 1. The molecule has 2 aliphatic heterocycles. The Bertz CT molecular complexity index is 1230. The van der Waals surface area contributed by atoms with Crippen molar-refractivity contribution in [2.45, 2.75) is 25.3 Å². The molecule has 32 heavy (non-hydrogen) atoms. The van der Waals surface area contributed by atoms with Crippen LogP contribution in [0.5, 0.6) is 0 Å². The number of hydrogen-bond acceptors (Lipinski definition) is 5. The van der Waals surface area contributed by atoms with Gasteiger partial charge in [-0.3, -0.25) is 19.3 Å². The molecule has 0 spiro atoms. The van der Waals surface area contributed by atoms with E-state index in [1.54, 1.807) is 48.2 Å². The third kappa shape index (κ3) is 3.15. The summed E-state index contributed by atoms with van der Waals surface area (Å²) in [5.74, 6) is -0.546. The number of amides is 4. The maximum absolute atomic E-state index is 13.1. The van der Waals surface area contributed by atoms with Crippen LogP contribution < -0.4 is 10.2 Å². The van der Waals surface area contributed by atoms with E-state index in [0.717, 1.165) is 22.4 Å². The Kier molecular flexibility index (Phi) is 4.58. The third-order valence-electron chi connectivity index (χ3n) is 6.07. The number of carbonyl (C=O) groups is 4. The Labute approximate surface area is 183 Å². The monoisotopic (exact) mass is 431 g/mol. The number of nitrogens with one attached hydrogen (secondary N) is 1. The standard InChI is InChI=1S/C24H21N3O5/c1-24(20-13-16-5-2-3-6-19(16)32-20)22(30)27(23(31)25-24)14-18(28)15-8-10-17(11-9-15)26-12-4-7-21(26)29/h2-3,5-6,8-11,13H,4,7,12,14H2,1H3,(H,25,31). The average Bonchev–Trinajstić information content (AvgIpc) is 3.47. The first kappa shape index (κ1) is 20.0. The summed E-state index contributed by atoms with van der Waals surface area (Å²) in [4.78, 5) is 53.0. The fourth-order valence-corrected chi connectivity index (χ4v) is 4.22. The summed E-state index contributed by atoms with van der Waals surface area (Å²) in [6.45, 7) is 1.84. The van der Waals surface area contributed by atoms with Crippen LogP contribution >= 0.6 is 0 Å². The minimum atomic E-state index is -1.39. The van der Waals surface area contributed by atoms with Gasteiger partial charge in [-0.15, -0.1) is 0 Å². The molecule has 1 aromatic heterocycles. The van der Waals surface area contributed by atoms with Crippen molar-refractivity contribution in [3.05, 3.63) is 65.9 Å². The largest absolute Gasteiger partial charge is 0.458 e. The Morgan fingerprint density at radius 3 is 2.53 bits per heavy atom. The predicted octanol–water partition coefficient (Wildman–Crippen LogP) is 3.21. The number of anilines is 1. The van der Waals surface area contributed by atoms with Crippen LogP contribution in [0.4, 0.5) is 10.5 Å². The van der Waals surface area contributed by atoms with Crippen LogP contribution in [-0.2, 0) is 15.1 Å². The molecule has 1 N–H and O–H groups in total. The SMILES string of the molecule is CC1(c2cc3ccccc3o2)NC(=O)N(CC(=O)c2ccc(N3CCCC3=O)cc2)C1=O. The summed E-state index contributed by atoms with van der Waals surface area (Å²) in [6.07, 6.45) is 1.34. The molecule has 0 radical (unpaired) electrons. The van der Waals surface area contributed by atoms with E-state index in [9.17, 15) is 19.2 Å². The van der Waals surface area contributed by atoms with Crippen LogP contribution in [0.25, 0.3) is 11.0 Å². The first-order chi connectivity index (χ1) is 15.4. The molecule has 0 saturated carbocycles. The van der Waals surface area contributed by atoms with E-state index >= 15 is 0 Å². The molecular formula is C24H21N3O5. The van der Waals surface area contributed by atoms with Crippen LogP contribution in [0.3, 0.4) is 0 Å². The zero-order valence-electron chi connectivity index (χ0n) is 17.5. The molecule has 3 aromatic rings. The van der Waals surface area contributed by atoms with E-state index in [2.05, 4.69) is 5.32 Å². The molecular weight excluding hydrogens is 410 g/mol. The number of carbonyl (C=O) groups excluding carboxylic acids is 4. The van der Waals surface area contributed by atoms with Gasteiger partial charge in [0.25, 0.3) is 5.91 Å². The van der Waals surface area contributed by atoms with E-state index < -0.39 is 17.5 Å². The molecule has 2 saturated heterocycles. The molecule has 2 fully saturated rings. The number of benzene rings is 2. The number of rotatable bonds is 5. The van der Waals surface area contributed by atoms with Gasteiger partial charge in [-0.05, 0) is 49.7 Å². The lowest BCUT2D eigenvalue weighted by Crippen LogP contribution is -2.41. The number of nitrogens with zero attached hydrogens (tertiary/aromatic N) is 2. The van der Waals surface area contributed by atoms with Crippen molar-refractivity contribution < 1.29 is 23.6 Å². The molecule has 8 nitrogen and oxygen atoms in total. The smallest absolute Gasteiger partial charge is 0.325 e. The van der Waals surface area contributed by atoms with Crippen LogP contribution in [0.2, 0.25) is 0 Å². The Hall–Kier alpha value is -3.94. The highest BCUT2D eigenvalue weighted by molar-refractivity contribution is 6.11. The maximum atomic E-state index is 13.1. The van der Waals surface area contributed by atoms with E-state index in [-0.39, 0.29) is 18.2 Å². The summed E-state index contributed by atoms with van der Waals surface area (Å²) in [5, 5.41) is 3.48. The lowest BCUT2D eigenvalue weighted by Gasteiger charge is -2.19. The Balaban J connectivity index is 1.34. The molecule has 2 aromatic carbocycles. The van der Waals surface area contributed by atoms with Gasteiger partial charge in [0.2, 0.25) is 5.91 Å². The fourth-order valence-electron chi connectivity index (χ4n) is 4.22. The molecule has 5 rings (SSSR count). The molecule has 1 unspecified atom stereocenters. The van der Waals surface area contributed by atoms with Gasteiger partial charge in [0.1, 0.15) is 11.3 Å². The number of ketones is 1. The first-order valence-electron chi connectivity index (χ1n) is 10.4. The van der Waals surface area contributed by atoms with Crippen LogP contribution in [-0.4, -0.2) is 41.6 Å². The Morgan fingerprint density at radius 1 is 1.09 bits per heavy atom. The zero-order valence-corrected chi connectivity index (χ0v) is 17.5. The summed E-state index contributed by atoms with van der Waals surface area (Å²) in [7, 11) is 0. The van der Waals surface area contributed by atoms with Gasteiger partial charge < -0.3 is 14.6 Å². The van der Waals surface area contributed by atoms with Crippen molar-refractivity contribution in [3.8, 4) is 0 Å². The van der Waals surface area contributed by atoms with E-state index in [1.807, 2.05) is 18.2 Å². The highest BCUT2D eigenvalue weighted by Gasteiger charge is 2.51. The lowest BCUT2D eigenvalue weighted by molar-refractivity contribution is -0.131. The quantitative estimate of drug-likeness (QED) is 0.494. The number of hydrogen-bond donors (Lipinski definition) is 1. The van der Waals surface area contributed by atoms with Gasteiger partial charge in [0.05, 0.1) is 6.54 Å². The number of furan rings is 1. The zero-order chi connectivity index (χ0) is 22.5. The summed E-state index contributed by atoms with van der Waals surface area (Å²) < 4.78 is 5.80. The van der Waals surface area contributed by atoms with E-state index in [0.29, 0.717) is 29.9 Å². The second kappa shape index (κ2) is 7.33. The highest BCUT2D eigenvalue weighted by atomic mass is 16.3. The molecule has 162 valence electrons. The van der Waals surface area contributed by atoms with Gasteiger partial charge in [0.15, 0.2) is 11.3 Å². The minimum absolute atomic E-state index is 0.0632. The predicted molar refractivity (Wildman–Crippen MR) is 116 cm³/mol. The minimum Gasteiger partial charge on any atom is -0.458 e. The average molecular weight is 431 g/mol. The van der Waals surface area contributed by atoms with Gasteiger partial charge in [0, 0.05) is 29.6 Å². The van der Waals surface area contributed by atoms with E-state index in [4.69, 9.17) is 4.42 Å². The molecule has 3 heterocycles. The molecule has 0 aliphatic carbocycles. The molecule has 4 amide bonds.